The number of benzene rings is 2. The van der Waals surface area contributed by atoms with Crippen molar-refractivity contribution in [2.24, 2.45) is 0 Å². The Kier molecular flexibility index (Phi) is 7.34. The van der Waals surface area contributed by atoms with Crippen molar-refractivity contribution in [2.75, 3.05) is 37.5 Å². The van der Waals surface area contributed by atoms with Gasteiger partial charge in [-0.05, 0) is 67.3 Å². The Labute approximate surface area is 175 Å². The number of hydrogen-bond donors (Lipinski definition) is 1. The topological polar surface area (TPSA) is 50.8 Å². The second-order valence-corrected chi connectivity index (χ2v) is 7.91. The van der Waals surface area contributed by atoms with Gasteiger partial charge in [-0.3, -0.25) is 4.79 Å². The summed E-state index contributed by atoms with van der Waals surface area (Å²) in [5, 5.41) is 2.98. The number of aryl methyl sites for hydroxylation is 1. The molecule has 0 saturated carbocycles. The fraction of sp³-hybridized carbons (Fsp3) is 0.409. The van der Waals surface area contributed by atoms with E-state index in [4.69, 9.17) is 9.47 Å². The molecule has 6 heteroatoms. The molecule has 1 heterocycles. The molecular formula is C22H27BrN2O3. The van der Waals surface area contributed by atoms with Gasteiger partial charge in [0.25, 0.3) is 0 Å². The molecular weight excluding hydrogens is 420 g/mol. The second kappa shape index (κ2) is 9.94. The van der Waals surface area contributed by atoms with E-state index in [0.29, 0.717) is 18.9 Å². The van der Waals surface area contributed by atoms with Crippen LogP contribution in [0.15, 0.2) is 46.9 Å². The number of halogens is 1. The summed E-state index contributed by atoms with van der Waals surface area (Å²) in [5.41, 5.74) is 2.99. The first-order valence-corrected chi connectivity index (χ1v) is 10.4. The first kappa shape index (κ1) is 20.7. The SMILES string of the molecule is COc1ccc(Br)cc1CCC(=O)Nc1ccc(N2CCC[C@H](OC)C2)cc1. The van der Waals surface area contributed by atoms with Crippen molar-refractivity contribution in [1.82, 2.24) is 0 Å². The number of methoxy groups -OCH3 is 2. The number of nitrogens with zero attached hydrogens (tertiary/aromatic N) is 1. The van der Waals surface area contributed by atoms with E-state index >= 15 is 0 Å². The van der Waals surface area contributed by atoms with Gasteiger partial charge in [-0.15, -0.1) is 0 Å². The van der Waals surface area contributed by atoms with E-state index in [1.165, 1.54) is 5.69 Å². The van der Waals surface area contributed by atoms with Gasteiger partial charge < -0.3 is 19.7 Å². The molecule has 3 rings (SSSR count). The van der Waals surface area contributed by atoms with Crippen LogP contribution in [0.1, 0.15) is 24.8 Å². The maximum absolute atomic E-state index is 12.3. The molecule has 1 amide bonds. The fourth-order valence-corrected chi connectivity index (χ4v) is 3.94. The number of anilines is 2. The lowest BCUT2D eigenvalue weighted by molar-refractivity contribution is -0.116. The third-order valence-corrected chi connectivity index (χ3v) is 5.58. The molecule has 150 valence electrons. The number of rotatable bonds is 7. The van der Waals surface area contributed by atoms with Crippen LogP contribution < -0.4 is 15.0 Å². The molecule has 1 atom stereocenters. The zero-order chi connectivity index (χ0) is 19.9. The Balaban J connectivity index is 1.54. The van der Waals surface area contributed by atoms with Gasteiger partial charge in [-0.25, -0.2) is 0 Å². The number of hydrogen-bond acceptors (Lipinski definition) is 4. The van der Waals surface area contributed by atoms with Crippen LogP contribution in [0.2, 0.25) is 0 Å². The highest BCUT2D eigenvalue weighted by Gasteiger charge is 2.19. The highest BCUT2D eigenvalue weighted by atomic mass is 79.9. The zero-order valence-electron chi connectivity index (χ0n) is 16.4. The van der Waals surface area contributed by atoms with Gasteiger partial charge in [0, 0.05) is 42.5 Å². The highest BCUT2D eigenvalue weighted by Crippen LogP contribution is 2.25. The van der Waals surface area contributed by atoms with Crippen molar-refractivity contribution < 1.29 is 14.3 Å². The fourth-order valence-electron chi connectivity index (χ4n) is 3.53. The average Bonchev–Trinajstić information content (AvgIpc) is 2.73. The van der Waals surface area contributed by atoms with Gasteiger partial charge in [0.1, 0.15) is 5.75 Å². The Bertz CT molecular complexity index is 795. The van der Waals surface area contributed by atoms with Gasteiger partial charge in [-0.2, -0.15) is 0 Å². The molecule has 0 bridgehead atoms. The molecule has 0 unspecified atom stereocenters. The summed E-state index contributed by atoms with van der Waals surface area (Å²) in [6, 6.07) is 13.9. The number of amides is 1. The molecule has 2 aromatic carbocycles. The molecule has 1 N–H and O–H groups in total. The van der Waals surface area contributed by atoms with E-state index < -0.39 is 0 Å². The molecule has 28 heavy (non-hydrogen) atoms. The summed E-state index contributed by atoms with van der Waals surface area (Å²) in [5.74, 6) is 0.795. The summed E-state index contributed by atoms with van der Waals surface area (Å²) in [4.78, 5) is 14.7. The molecule has 0 spiro atoms. The average molecular weight is 447 g/mol. The number of nitrogens with one attached hydrogen (secondary N) is 1. The molecule has 1 saturated heterocycles. The summed E-state index contributed by atoms with van der Waals surface area (Å²) in [7, 11) is 3.42. The first-order chi connectivity index (χ1) is 13.6. The van der Waals surface area contributed by atoms with Crippen molar-refractivity contribution in [3.8, 4) is 5.75 Å². The van der Waals surface area contributed by atoms with Crippen LogP contribution in [0, 0.1) is 0 Å². The Morgan fingerprint density at radius 2 is 2.00 bits per heavy atom. The number of ether oxygens (including phenoxy) is 2. The standard InChI is InChI=1S/C22H27BrN2O3/c1-27-20-4-3-13-25(15-20)19-9-7-18(8-10-19)24-22(26)12-5-16-14-17(23)6-11-21(16)28-2/h6-11,14,20H,3-5,12-13,15H2,1-2H3,(H,24,26)/t20-/m0/s1. The van der Waals surface area contributed by atoms with E-state index in [1.807, 2.05) is 30.3 Å². The number of carbonyl (C=O) groups excluding carboxylic acids is 1. The Morgan fingerprint density at radius 3 is 2.71 bits per heavy atom. The van der Waals surface area contributed by atoms with Gasteiger partial charge in [0.05, 0.1) is 13.2 Å². The molecule has 1 aliphatic rings. The smallest absolute Gasteiger partial charge is 0.224 e. The molecule has 1 aliphatic heterocycles. The molecule has 0 aliphatic carbocycles. The Morgan fingerprint density at radius 1 is 1.21 bits per heavy atom. The zero-order valence-corrected chi connectivity index (χ0v) is 18.0. The van der Waals surface area contributed by atoms with E-state index in [2.05, 4.69) is 38.3 Å². The first-order valence-electron chi connectivity index (χ1n) is 9.59. The lowest BCUT2D eigenvalue weighted by Crippen LogP contribution is -2.39. The molecule has 2 aromatic rings. The van der Waals surface area contributed by atoms with Crippen molar-refractivity contribution in [1.29, 1.82) is 0 Å². The normalized spacial score (nSPS) is 16.7. The third kappa shape index (κ3) is 5.49. The van der Waals surface area contributed by atoms with E-state index in [9.17, 15) is 4.79 Å². The Hall–Kier alpha value is -2.05. The third-order valence-electron chi connectivity index (χ3n) is 5.09. The van der Waals surface area contributed by atoms with Crippen LogP contribution in [-0.4, -0.2) is 39.3 Å². The summed E-state index contributed by atoms with van der Waals surface area (Å²) in [6.45, 7) is 1.96. The lowest BCUT2D eigenvalue weighted by atomic mass is 10.1. The minimum Gasteiger partial charge on any atom is -0.496 e. The number of piperidine rings is 1. The largest absolute Gasteiger partial charge is 0.496 e. The second-order valence-electron chi connectivity index (χ2n) is 7.00. The van der Waals surface area contributed by atoms with E-state index in [-0.39, 0.29) is 5.91 Å². The van der Waals surface area contributed by atoms with Crippen molar-refractivity contribution in [2.45, 2.75) is 31.8 Å². The van der Waals surface area contributed by atoms with Gasteiger partial charge in [0.15, 0.2) is 0 Å². The van der Waals surface area contributed by atoms with E-state index in [0.717, 1.165) is 47.4 Å². The van der Waals surface area contributed by atoms with Crippen molar-refractivity contribution in [3.63, 3.8) is 0 Å². The summed E-state index contributed by atoms with van der Waals surface area (Å²) < 4.78 is 11.8. The maximum Gasteiger partial charge on any atom is 0.224 e. The molecule has 0 radical (unpaired) electrons. The van der Waals surface area contributed by atoms with Crippen LogP contribution >= 0.6 is 15.9 Å². The number of carbonyl (C=O) groups is 1. The predicted octanol–water partition coefficient (Wildman–Crippen LogP) is 4.64. The molecule has 1 fully saturated rings. The van der Waals surface area contributed by atoms with Crippen molar-refractivity contribution >= 4 is 33.2 Å². The highest BCUT2D eigenvalue weighted by molar-refractivity contribution is 9.10. The van der Waals surface area contributed by atoms with Crippen LogP contribution in [0.4, 0.5) is 11.4 Å². The molecule has 5 nitrogen and oxygen atoms in total. The van der Waals surface area contributed by atoms with Crippen molar-refractivity contribution in [3.05, 3.63) is 52.5 Å². The summed E-state index contributed by atoms with van der Waals surface area (Å²) >= 11 is 3.47. The van der Waals surface area contributed by atoms with E-state index in [1.54, 1.807) is 14.2 Å². The van der Waals surface area contributed by atoms with Crippen LogP contribution in [0.5, 0.6) is 5.75 Å². The van der Waals surface area contributed by atoms with Gasteiger partial charge in [-0.1, -0.05) is 15.9 Å². The van der Waals surface area contributed by atoms with Gasteiger partial charge in [0.2, 0.25) is 5.91 Å². The summed E-state index contributed by atoms with van der Waals surface area (Å²) in [6.07, 6.45) is 3.57. The molecule has 0 aromatic heterocycles. The van der Waals surface area contributed by atoms with Crippen LogP contribution in [0.3, 0.4) is 0 Å². The predicted molar refractivity (Wildman–Crippen MR) is 116 cm³/mol. The minimum atomic E-state index is -0.00722. The van der Waals surface area contributed by atoms with Gasteiger partial charge >= 0.3 is 0 Å². The minimum absolute atomic E-state index is 0.00722. The monoisotopic (exact) mass is 446 g/mol. The maximum atomic E-state index is 12.3. The van der Waals surface area contributed by atoms with Crippen LogP contribution in [0.25, 0.3) is 0 Å². The quantitative estimate of drug-likeness (QED) is 0.672. The van der Waals surface area contributed by atoms with Crippen LogP contribution in [-0.2, 0) is 16.0 Å². The lowest BCUT2D eigenvalue weighted by Gasteiger charge is -2.33.